The van der Waals surface area contributed by atoms with E-state index in [9.17, 15) is 73.8 Å². The second-order valence-corrected chi connectivity index (χ2v) is 15.2. The quantitative estimate of drug-likeness (QED) is 0.0395. The maximum Gasteiger partial charge on any atom is 0.490 e. The van der Waals surface area contributed by atoms with Crippen molar-refractivity contribution in [2.24, 2.45) is 0 Å². The van der Waals surface area contributed by atoms with E-state index in [1.165, 1.54) is 11.1 Å². The zero-order valence-corrected chi connectivity index (χ0v) is 35.3. The van der Waals surface area contributed by atoms with E-state index in [1.54, 1.807) is 17.0 Å². The Morgan fingerprint density at radius 3 is 1.94 bits per heavy atom. The van der Waals surface area contributed by atoms with E-state index in [1.807, 2.05) is 29.0 Å². The molecule has 1 saturated heterocycles. The molecule has 24 nitrogen and oxygen atoms in total. The van der Waals surface area contributed by atoms with Crippen molar-refractivity contribution in [1.82, 2.24) is 39.8 Å². The number of amides is 2. The molecule has 3 aromatic heterocycles. The Morgan fingerprint density at radius 1 is 0.908 bits per heavy atom. The second kappa shape index (κ2) is 22.8. The van der Waals surface area contributed by atoms with Crippen LogP contribution in [0.5, 0.6) is 0 Å². The van der Waals surface area contributed by atoms with Gasteiger partial charge in [0, 0.05) is 43.9 Å². The molecule has 2 amide bonds. The number of aryl methyl sites for hydroxylation is 2. The molecule has 27 heteroatoms. The van der Waals surface area contributed by atoms with Crippen LogP contribution in [0.15, 0.2) is 24.4 Å². The largest absolute Gasteiger partial charge is 0.490 e. The molecule has 5 rings (SSSR count). The van der Waals surface area contributed by atoms with E-state index >= 15 is 0 Å². The molecule has 1 aliphatic rings. The van der Waals surface area contributed by atoms with Gasteiger partial charge >= 0.3 is 12.1 Å². The molecule has 1 aliphatic heterocycles. The number of carbonyl (C=O) groups is 3. The summed E-state index contributed by atoms with van der Waals surface area (Å²) in [7, 11) is 0. The van der Waals surface area contributed by atoms with E-state index < -0.39 is 99.2 Å². The number of aliphatic hydroxyl groups excluding tert-OH is 10. The molecule has 1 aromatic carbocycles. The summed E-state index contributed by atoms with van der Waals surface area (Å²) >= 11 is 0. The Kier molecular flexibility index (Phi) is 18.4. The van der Waals surface area contributed by atoms with Crippen LogP contribution in [0.25, 0.3) is 22.2 Å². The van der Waals surface area contributed by atoms with Gasteiger partial charge < -0.3 is 72.1 Å². The monoisotopic (exact) mass is 933 g/mol. The Hall–Kier alpha value is -5.20. The zero-order valence-electron chi connectivity index (χ0n) is 35.3. The molecule has 0 aliphatic carbocycles. The minimum atomic E-state index is -5.08. The number of H-pyrrole nitrogens is 1. The number of halogens is 3. The third kappa shape index (κ3) is 12.6. The van der Waals surface area contributed by atoms with Crippen molar-refractivity contribution in [2.45, 2.75) is 107 Å². The molecule has 8 atom stereocenters. The number of hydrogen-bond donors (Lipinski definition) is 14. The number of aliphatic carboxylic acids is 1. The van der Waals surface area contributed by atoms with Crippen LogP contribution in [-0.2, 0) is 24.4 Å². The number of alkyl halides is 3. The van der Waals surface area contributed by atoms with Gasteiger partial charge in [-0.2, -0.15) is 18.3 Å². The average Bonchev–Trinajstić information content (AvgIpc) is 3.88. The summed E-state index contributed by atoms with van der Waals surface area (Å²) in [5.41, 5.74) is 8.74. The standard InChI is InChI=1S/C36H54N10O12.C2HF3O2/c1-3-45-21-6-5-18(11-22(21)46(4-2)27(45)13-38-35(57)28-33(37)41-34-20(40-28)12-39-42-34)36(58)43-9-7-19(8-10-43)44(14-23(49)29(53)31(55)25(51)16-47)15-24(50)30(54)32(56)26(52)17-48;3-2(4,5)1(6)7/h5-6,11-12,19,23-26,29-32,47-56H,3-4,7-10,13-17H2,1-2H3,(H3-,37,38,39,40,41,42,57);(H,6,7)/p+1. The van der Waals surface area contributed by atoms with Crippen molar-refractivity contribution in [3.05, 3.63) is 41.5 Å². The van der Waals surface area contributed by atoms with Gasteiger partial charge in [-0.15, -0.1) is 0 Å². The van der Waals surface area contributed by atoms with Crippen molar-refractivity contribution in [3.63, 3.8) is 0 Å². The van der Waals surface area contributed by atoms with Gasteiger partial charge in [-0.3, -0.25) is 19.6 Å². The summed E-state index contributed by atoms with van der Waals surface area (Å²) in [4.78, 5) is 47.6. The first kappa shape index (κ1) is 52.4. The van der Waals surface area contributed by atoms with Crippen molar-refractivity contribution in [1.29, 1.82) is 0 Å². The number of carboxylic acid groups (broad SMARTS) is 1. The minimum Gasteiger partial charge on any atom is -0.475 e. The van der Waals surface area contributed by atoms with Crippen LogP contribution < -0.4 is 15.6 Å². The van der Waals surface area contributed by atoms with Crippen LogP contribution in [0.3, 0.4) is 0 Å². The highest BCUT2D eigenvalue weighted by molar-refractivity contribution is 5.98. The molecule has 8 unspecified atom stereocenters. The number of benzene rings is 1. The van der Waals surface area contributed by atoms with Crippen LogP contribution >= 0.6 is 0 Å². The van der Waals surface area contributed by atoms with Crippen molar-refractivity contribution in [2.75, 3.05) is 45.1 Å². The lowest BCUT2D eigenvalue weighted by molar-refractivity contribution is -0.676. The van der Waals surface area contributed by atoms with Gasteiger partial charge in [0.1, 0.15) is 48.7 Å². The normalized spacial score (nSPS) is 17.5. The molecule has 0 radical (unpaired) electrons. The molecule has 15 N–H and O–H groups in total. The molecule has 362 valence electrons. The Bertz CT molecular complexity index is 2190. The van der Waals surface area contributed by atoms with Gasteiger partial charge in [0.05, 0.1) is 44.7 Å². The van der Waals surface area contributed by atoms with E-state index in [4.69, 9.17) is 15.6 Å². The lowest BCUT2D eigenvalue weighted by Gasteiger charge is -2.41. The summed E-state index contributed by atoms with van der Waals surface area (Å²) in [6.07, 6.45) is -17.6. The number of nitrogens with zero attached hydrogens (tertiary/aromatic N) is 7. The average molecular weight is 934 g/mol. The summed E-state index contributed by atoms with van der Waals surface area (Å²) in [5, 5.41) is 117. The Labute approximate surface area is 367 Å². The number of rotatable bonds is 19. The van der Waals surface area contributed by atoms with Gasteiger partial charge in [0.15, 0.2) is 28.2 Å². The number of carbonyl (C=O) groups excluding carboxylic acids is 2. The number of piperidine rings is 1. The lowest BCUT2D eigenvalue weighted by atomic mass is 9.97. The van der Waals surface area contributed by atoms with Gasteiger partial charge in [0.25, 0.3) is 17.6 Å². The van der Waals surface area contributed by atoms with Crippen molar-refractivity contribution < 1.29 is 88.3 Å². The van der Waals surface area contributed by atoms with Gasteiger partial charge in [-0.05, 0) is 38.8 Å². The highest BCUT2D eigenvalue weighted by Crippen LogP contribution is 2.24. The number of hydrogen-bond acceptors (Lipinski definition) is 18. The molecule has 0 spiro atoms. The molecule has 0 bridgehead atoms. The second-order valence-electron chi connectivity index (χ2n) is 15.2. The highest BCUT2D eigenvalue weighted by Gasteiger charge is 2.39. The molecule has 4 heterocycles. The number of anilines is 1. The molecule has 65 heavy (non-hydrogen) atoms. The van der Waals surface area contributed by atoms with E-state index in [0.29, 0.717) is 42.7 Å². The minimum absolute atomic E-state index is 0.0354. The number of aliphatic hydroxyl groups is 10. The van der Waals surface area contributed by atoms with Crippen LogP contribution in [0.1, 0.15) is 53.4 Å². The third-order valence-electron chi connectivity index (χ3n) is 11.0. The SMILES string of the molecule is CCn1c(CNC(=O)c2nc3cn[nH]c3nc2N)[n+](CC)c2ccc(C(=O)N3CCC(N(CC(O)C(O)C(O)C(O)CO)CC(O)C(O)C(O)C(O)CO)CC3)cc21.O=C(O)C(F)(F)F. The first-order chi connectivity index (χ1) is 30.6. The van der Waals surface area contributed by atoms with Gasteiger partial charge in [-0.1, -0.05) is 0 Å². The number of imidazole rings is 1. The maximum atomic E-state index is 13.9. The predicted molar refractivity (Wildman–Crippen MR) is 217 cm³/mol. The van der Waals surface area contributed by atoms with E-state index in [2.05, 4.69) is 25.5 Å². The van der Waals surface area contributed by atoms with Gasteiger partial charge in [-0.25, -0.2) is 23.9 Å². The third-order valence-corrected chi connectivity index (χ3v) is 11.0. The number of fused-ring (bicyclic) bond motifs is 2. The summed E-state index contributed by atoms with van der Waals surface area (Å²) in [5.74, 6) is -2.82. The maximum absolute atomic E-state index is 13.9. The summed E-state index contributed by atoms with van der Waals surface area (Å²) in [6.45, 7) is 2.99. The fourth-order valence-electron chi connectivity index (χ4n) is 7.43. The van der Waals surface area contributed by atoms with Crippen LogP contribution in [0.2, 0.25) is 0 Å². The Balaban J connectivity index is 0.00000122. The molecular formula is C38H56F3N10O14+. The number of likely N-dealkylation sites (tertiary alicyclic amines) is 1. The lowest BCUT2D eigenvalue weighted by Crippen LogP contribution is -2.56. The van der Waals surface area contributed by atoms with E-state index in [0.717, 1.165) is 16.9 Å². The predicted octanol–water partition coefficient (Wildman–Crippen LogP) is -4.44. The number of aromatic amines is 1. The van der Waals surface area contributed by atoms with Crippen molar-refractivity contribution in [3.8, 4) is 0 Å². The molecule has 0 saturated carbocycles. The number of carboxylic acids is 1. The Morgan fingerprint density at radius 2 is 1.45 bits per heavy atom. The zero-order chi connectivity index (χ0) is 48.5. The number of nitrogens with one attached hydrogen (secondary N) is 2. The van der Waals surface area contributed by atoms with E-state index in [-0.39, 0.29) is 37.1 Å². The smallest absolute Gasteiger partial charge is 0.475 e. The van der Waals surface area contributed by atoms with Gasteiger partial charge in [0.2, 0.25) is 0 Å². The number of aromatic nitrogens is 6. The highest BCUT2D eigenvalue weighted by atomic mass is 19.4. The summed E-state index contributed by atoms with van der Waals surface area (Å²) < 4.78 is 35.8. The molecular weight excluding hydrogens is 877 g/mol. The van der Waals surface area contributed by atoms with Crippen LogP contribution in [-0.4, -0.2) is 209 Å². The number of nitrogens with two attached hydrogens (primary N) is 1. The first-order valence-corrected chi connectivity index (χ1v) is 20.4. The molecule has 4 aromatic rings. The van der Waals surface area contributed by atoms with Crippen LogP contribution in [0.4, 0.5) is 19.0 Å². The first-order valence-electron chi connectivity index (χ1n) is 20.4. The number of nitrogen functional groups attached to an aromatic ring is 1. The topological polar surface area (TPSA) is 382 Å². The van der Waals surface area contributed by atoms with Crippen molar-refractivity contribution >= 4 is 45.8 Å². The summed E-state index contributed by atoms with van der Waals surface area (Å²) in [6, 6.07) is 4.90. The molecule has 1 fully saturated rings. The fourth-order valence-corrected chi connectivity index (χ4v) is 7.43. The van der Waals surface area contributed by atoms with Crippen LogP contribution in [0, 0.1) is 0 Å². The fraction of sp³-hybridized carbons (Fsp3) is 0.605.